The van der Waals surface area contributed by atoms with E-state index < -0.39 is 11.5 Å². The van der Waals surface area contributed by atoms with Gasteiger partial charge in [-0.25, -0.2) is 4.79 Å². The zero-order chi connectivity index (χ0) is 13.5. The second kappa shape index (κ2) is 4.28. The average molecular weight is 314 g/mol. The summed E-state index contributed by atoms with van der Waals surface area (Å²) in [5.74, 6) is -0.418. The number of carbonyl (C=O) groups excluding carboxylic acids is 1. The Kier molecular flexibility index (Phi) is 3.06. The number of halogens is 1. The molecule has 0 unspecified atom stereocenters. The van der Waals surface area contributed by atoms with Gasteiger partial charge >= 0.3 is 11.9 Å². The van der Waals surface area contributed by atoms with Crippen LogP contribution in [0.3, 0.4) is 0 Å². The maximum absolute atomic E-state index is 11.8. The number of benzene rings is 1. The number of hydrogen-bond acceptors (Lipinski definition) is 3. The van der Waals surface area contributed by atoms with Crippen molar-refractivity contribution in [3.63, 3.8) is 0 Å². The first kappa shape index (κ1) is 12.9. The molecule has 2 rings (SSSR count). The largest absolute Gasteiger partial charge is 0.465 e. The molecule has 0 spiro atoms. The summed E-state index contributed by atoms with van der Waals surface area (Å²) in [7, 11) is 1.32. The summed E-state index contributed by atoms with van der Waals surface area (Å²) in [6.07, 6.45) is 0. The summed E-state index contributed by atoms with van der Waals surface area (Å²) in [6.45, 7) is 3.66. The molecule has 1 aromatic carbocycles. The standard InChI is InChI=1S/C12H13BrN2O3/c1-12(2)11(17)14-9-7(15-12)5-4-6(13)8(9)10(16)18-3/h4-5,15H,1-3H3,(H,14,17)/p+1. The molecule has 5 nitrogen and oxygen atoms in total. The van der Waals surface area contributed by atoms with E-state index in [0.29, 0.717) is 15.7 Å². The van der Waals surface area contributed by atoms with Gasteiger partial charge in [0.2, 0.25) is 5.69 Å². The molecule has 0 amide bonds. The smallest absolute Gasteiger partial charge is 0.363 e. The highest BCUT2D eigenvalue weighted by Gasteiger charge is 2.38. The Balaban J connectivity index is 2.66. The predicted octanol–water partition coefficient (Wildman–Crippen LogP) is 1.11. The van der Waals surface area contributed by atoms with E-state index in [1.807, 2.05) is 19.9 Å². The van der Waals surface area contributed by atoms with Crippen LogP contribution in [0.2, 0.25) is 0 Å². The highest BCUT2D eigenvalue weighted by Crippen LogP contribution is 2.32. The minimum Gasteiger partial charge on any atom is -0.465 e. The Labute approximate surface area is 113 Å². The van der Waals surface area contributed by atoms with E-state index in [0.717, 1.165) is 5.69 Å². The number of hydrogen-bond donors (Lipinski definition) is 3. The average Bonchev–Trinajstić information content (AvgIpc) is 2.30. The monoisotopic (exact) mass is 313 g/mol. The van der Waals surface area contributed by atoms with Crippen LogP contribution in [-0.4, -0.2) is 29.6 Å². The molecule has 18 heavy (non-hydrogen) atoms. The lowest BCUT2D eigenvalue weighted by molar-refractivity contribution is -0.371. The summed E-state index contributed by atoms with van der Waals surface area (Å²) >= 11 is 3.31. The minimum atomic E-state index is -0.603. The van der Waals surface area contributed by atoms with Gasteiger partial charge in [-0.2, -0.15) is 4.99 Å². The molecule has 0 saturated carbocycles. The van der Waals surface area contributed by atoms with Gasteiger partial charge in [-0.3, -0.25) is 0 Å². The molecule has 0 bridgehead atoms. The first-order valence-electron chi connectivity index (χ1n) is 5.39. The molecular formula is C12H14BrN2O3+. The number of methoxy groups -OCH3 is 1. The Hall–Kier alpha value is -1.56. The van der Waals surface area contributed by atoms with Crippen LogP contribution in [0.4, 0.5) is 11.4 Å². The van der Waals surface area contributed by atoms with Crippen LogP contribution in [-0.2, 0) is 4.74 Å². The summed E-state index contributed by atoms with van der Waals surface area (Å²) in [5, 5.41) is 13.1. The van der Waals surface area contributed by atoms with Crippen molar-refractivity contribution in [1.29, 1.82) is 0 Å². The molecule has 96 valence electrons. The lowest BCUT2D eigenvalue weighted by atomic mass is 10.0. The van der Waals surface area contributed by atoms with Gasteiger partial charge in [0.05, 0.1) is 7.11 Å². The number of ether oxygens (including phenoxy) is 1. The maximum Gasteiger partial charge on any atom is 0.363 e. The third kappa shape index (κ3) is 1.96. The maximum atomic E-state index is 11.8. The zero-order valence-corrected chi connectivity index (χ0v) is 11.9. The fourth-order valence-electron chi connectivity index (χ4n) is 1.78. The lowest BCUT2D eigenvalue weighted by Gasteiger charge is -2.26. The topological polar surface area (TPSA) is 72.5 Å². The summed E-state index contributed by atoms with van der Waals surface area (Å²) < 4.78 is 5.35. The van der Waals surface area contributed by atoms with E-state index in [2.05, 4.69) is 26.2 Å². The van der Waals surface area contributed by atoms with Crippen LogP contribution in [0.5, 0.6) is 0 Å². The van der Waals surface area contributed by atoms with Gasteiger partial charge in [0.1, 0.15) is 11.3 Å². The number of anilines is 1. The summed E-state index contributed by atoms with van der Waals surface area (Å²) in [6, 6.07) is 3.59. The molecule has 3 N–H and O–H groups in total. The van der Waals surface area contributed by atoms with Gasteiger partial charge in [0.15, 0.2) is 5.54 Å². The normalized spacial score (nSPS) is 16.3. The quantitative estimate of drug-likeness (QED) is 0.679. The highest BCUT2D eigenvalue weighted by molar-refractivity contribution is 9.10. The molecule has 0 saturated heterocycles. The van der Waals surface area contributed by atoms with Crippen LogP contribution in [0.1, 0.15) is 24.2 Å². The first-order valence-corrected chi connectivity index (χ1v) is 6.18. The van der Waals surface area contributed by atoms with Crippen molar-refractivity contribution >= 4 is 39.2 Å². The van der Waals surface area contributed by atoms with E-state index in [1.165, 1.54) is 7.11 Å². The second-order valence-electron chi connectivity index (χ2n) is 4.56. The zero-order valence-electron chi connectivity index (χ0n) is 10.3. The van der Waals surface area contributed by atoms with E-state index in [1.54, 1.807) is 6.07 Å². The Bertz CT molecular complexity index is 552. The Morgan fingerprint density at radius 2 is 2.17 bits per heavy atom. The number of carbonyl (C=O) groups is 1. The van der Waals surface area contributed by atoms with Crippen molar-refractivity contribution in [2.45, 2.75) is 19.4 Å². The van der Waals surface area contributed by atoms with Crippen LogP contribution < -0.4 is 10.3 Å². The number of fused-ring (bicyclic) bond motifs is 1. The lowest BCUT2D eigenvalue weighted by Crippen LogP contribution is -2.76. The Morgan fingerprint density at radius 1 is 1.50 bits per heavy atom. The van der Waals surface area contributed by atoms with Crippen molar-refractivity contribution in [2.24, 2.45) is 0 Å². The van der Waals surface area contributed by atoms with E-state index in [-0.39, 0.29) is 5.90 Å². The predicted molar refractivity (Wildman–Crippen MR) is 71.4 cm³/mol. The van der Waals surface area contributed by atoms with Crippen LogP contribution >= 0.6 is 15.9 Å². The SMILES string of the molecule is COC(=O)c1c(Br)ccc2c1[NH+]=C(O)C(C)(C)N2. The van der Waals surface area contributed by atoms with Crippen molar-refractivity contribution in [3.8, 4) is 0 Å². The Morgan fingerprint density at radius 3 is 2.78 bits per heavy atom. The summed E-state index contributed by atoms with van der Waals surface area (Å²) in [5.41, 5.74) is 0.993. The molecule has 0 aromatic heterocycles. The van der Waals surface area contributed by atoms with Crippen LogP contribution in [0.15, 0.2) is 16.6 Å². The molecule has 1 aromatic rings. The van der Waals surface area contributed by atoms with Gasteiger partial charge in [0, 0.05) is 4.47 Å². The third-order valence-corrected chi connectivity index (χ3v) is 3.49. The van der Waals surface area contributed by atoms with Gasteiger partial charge in [-0.15, -0.1) is 0 Å². The van der Waals surface area contributed by atoms with E-state index >= 15 is 0 Å². The van der Waals surface area contributed by atoms with Crippen molar-refractivity contribution < 1.29 is 19.6 Å². The second-order valence-corrected chi connectivity index (χ2v) is 5.41. The molecule has 1 aliphatic rings. The van der Waals surface area contributed by atoms with Crippen molar-refractivity contribution in [3.05, 3.63) is 22.2 Å². The number of nitrogens with one attached hydrogen (secondary N) is 2. The van der Waals surface area contributed by atoms with Crippen LogP contribution in [0.25, 0.3) is 0 Å². The molecule has 0 fully saturated rings. The summed E-state index contributed by atoms with van der Waals surface area (Å²) in [4.78, 5) is 14.6. The molecule has 0 radical (unpaired) electrons. The van der Waals surface area contributed by atoms with Gasteiger partial charge in [-0.1, -0.05) is 0 Å². The molecule has 0 atom stereocenters. The molecule has 6 heteroatoms. The number of aliphatic hydroxyl groups is 1. The number of aliphatic hydroxyl groups excluding tert-OH is 1. The third-order valence-electron chi connectivity index (χ3n) is 2.83. The molecular weight excluding hydrogens is 300 g/mol. The van der Waals surface area contributed by atoms with Gasteiger partial charge in [-0.05, 0) is 41.9 Å². The van der Waals surface area contributed by atoms with Crippen molar-refractivity contribution in [2.75, 3.05) is 12.4 Å². The fraction of sp³-hybridized carbons (Fsp3) is 0.333. The fourth-order valence-corrected chi connectivity index (χ4v) is 2.28. The number of esters is 1. The first-order chi connectivity index (χ1) is 8.36. The van der Waals surface area contributed by atoms with Gasteiger partial charge < -0.3 is 15.2 Å². The number of rotatable bonds is 1. The molecule has 1 heterocycles. The highest BCUT2D eigenvalue weighted by atomic mass is 79.9. The van der Waals surface area contributed by atoms with Gasteiger partial charge in [0.25, 0.3) is 0 Å². The van der Waals surface area contributed by atoms with Crippen molar-refractivity contribution in [1.82, 2.24) is 0 Å². The molecule has 0 aliphatic carbocycles. The van der Waals surface area contributed by atoms with E-state index in [4.69, 9.17) is 4.74 Å². The van der Waals surface area contributed by atoms with Crippen LogP contribution in [0, 0.1) is 0 Å². The van der Waals surface area contributed by atoms with E-state index in [9.17, 15) is 9.90 Å². The minimum absolute atomic E-state index is 0.0539. The molecule has 1 aliphatic heterocycles.